The summed E-state index contributed by atoms with van der Waals surface area (Å²) in [5.41, 5.74) is 0. The third-order valence-corrected chi connectivity index (χ3v) is 1.12. The molecule has 0 aromatic rings. The molecule has 3 nitrogen and oxygen atoms in total. The van der Waals surface area contributed by atoms with Gasteiger partial charge < -0.3 is 14.7 Å². The maximum absolute atomic E-state index is 9.25. The van der Waals surface area contributed by atoms with Crippen molar-refractivity contribution in [2.45, 2.75) is 6.10 Å². The molecule has 0 saturated carbocycles. The van der Waals surface area contributed by atoms with E-state index < -0.39 is 6.10 Å². The fourth-order valence-electron chi connectivity index (χ4n) is 0.762. The Morgan fingerprint density at radius 2 is 2.17 bits per heavy atom. The molecule has 1 N–H and O–H groups in total. The molecule has 0 aliphatic heterocycles. The zero-order valence-corrected chi connectivity index (χ0v) is 8.51. The molecular formula is C8H18ClNO2. The van der Waals surface area contributed by atoms with Crippen molar-refractivity contribution in [3.63, 3.8) is 0 Å². The predicted octanol–water partition coefficient (Wildman–Crippen LogP) is 0.533. The van der Waals surface area contributed by atoms with Gasteiger partial charge in [-0.1, -0.05) is 6.08 Å². The van der Waals surface area contributed by atoms with Crippen molar-refractivity contribution in [3.05, 3.63) is 12.7 Å². The Bertz CT molecular complexity index is 109. The lowest BCUT2D eigenvalue weighted by Gasteiger charge is -2.15. The summed E-state index contributed by atoms with van der Waals surface area (Å²) >= 11 is 0. The highest BCUT2D eigenvalue weighted by molar-refractivity contribution is 5.85. The Labute approximate surface area is 80.4 Å². The number of hydrogen-bond acceptors (Lipinski definition) is 3. The average Bonchev–Trinajstić information content (AvgIpc) is 1.86. The van der Waals surface area contributed by atoms with E-state index >= 15 is 0 Å². The van der Waals surface area contributed by atoms with Crippen LogP contribution in [0, 0.1) is 0 Å². The lowest BCUT2D eigenvalue weighted by molar-refractivity contribution is 0.0349. The highest BCUT2D eigenvalue weighted by Crippen LogP contribution is 1.87. The van der Waals surface area contributed by atoms with E-state index in [4.69, 9.17) is 4.74 Å². The number of halogens is 1. The Hall–Kier alpha value is -0.0900. The summed E-state index contributed by atoms with van der Waals surface area (Å²) in [6.07, 6.45) is 1.27. The minimum Gasteiger partial charge on any atom is -0.389 e. The summed E-state index contributed by atoms with van der Waals surface area (Å²) in [5, 5.41) is 9.25. The Kier molecular flexibility index (Phi) is 10.8. The van der Waals surface area contributed by atoms with Gasteiger partial charge in [0.15, 0.2) is 0 Å². The maximum Gasteiger partial charge on any atom is 0.0900 e. The van der Waals surface area contributed by atoms with Gasteiger partial charge in [-0.2, -0.15) is 0 Å². The topological polar surface area (TPSA) is 32.7 Å². The summed E-state index contributed by atoms with van der Waals surface area (Å²) in [4.78, 5) is 1.92. The largest absolute Gasteiger partial charge is 0.389 e. The van der Waals surface area contributed by atoms with Gasteiger partial charge in [0.2, 0.25) is 0 Å². The zero-order valence-electron chi connectivity index (χ0n) is 7.69. The van der Waals surface area contributed by atoms with Gasteiger partial charge in [-0.05, 0) is 14.1 Å². The van der Waals surface area contributed by atoms with Gasteiger partial charge in [-0.15, -0.1) is 19.0 Å². The number of likely N-dealkylation sites (N-methyl/N-ethyl adjacent to an activating group) is 1. The summed E-state index contributed by atoms with van der Waals surface area (Å²) in [6, 6.07) is 0. The van der Waals surface area contributed by atoms with Gasteiger partial charge in [-0.25, -0.2) is 0 Å². The normalized spacial score (nSPS) is 12.3. The first-order valence-corrected chi connectivity index (χ1v) is 3.68. The Balaban J connectivity index is 0. The van der Waals surface area contributed by atoms with Crippen LogP contribution >= 0.6 is 12.4 Å². The summed E-state index contributed by atoms with van der Waals surface area (Å²) in [7, 11) is 3.83. The standard InChI is InChI=1S/C8H17NO2.ClH/c1-4-5-11-7-8(10)6-9(2)3;/h4,8,10H,1,5-7H2,2-3H3;1H. The SMILES string of the molecule is C=CCOCC(O)CN(C)C.Cl. The molecule has 0 bridgehead atoms. The van der Waals surface area contributed by atoms with E-state index in [0.717, 1.165) is 0 Å². The van der Waals surface area contributed by atoms with E-state index in [1.165, 1.54) is 0 Å². The third-order valence-electron chi connectivity index (χ3n) is 1.12. The number of ether oxygens (including phenoxy) is 1. The molecule has 0 heterocycles. The van der Waals surface area contributed by atoms with Crippen LogP contribution in [0.15, 0.2) is 12.7 Å². The molecule has 0 aromatic heterocycles. The number of nitrogens with zero attached hydrogens (tertiary/aromatic N) is 1. The minimum absolute atomic E-state index is 0. The molecule has 0 aliphatic rings. The van der Waals surface area contributed by atoms with E-state index in [1.807, 2.05) is 19.0 Å². The van der Waals surface area contributed by atoms with Crippen molar-refractivity contribution in [2.75, 3.05) is 33.9 Å². The Morgan fingerprint density at radius 3 is 2.58 bits per heavy atom. The molecule has 0 aromatic carbocycles. The second-order valence-corrected chi connectivity index (χ2v) is 2.74. The quantitative estimate of drug-likeness (QED) is 0.496. The Morgan fingerprint density at radius 1 is 1.58 bits per heavy atom. The number of aliphatic hydroxyl groups excluding tert-OH is 1. The van der Waals surface area contributed by atoms with Crippen molar-refractivity contribution in [2.24, 2.45) is 0 Å². The molecule has 0 rings (SSSR count). The van der Waals surface area contributed by atoms with Crippen LogP contribution in [0.1, 0.15) is 0 Å². The molecule has 12 heavy (non-hydrogen) atoms. The molecule has 0 spiro atoms. The van der Waals surface area contributed by atoms with Gasteiger partial charge in [0.25, 0.3) is 0 Å². The lowest BCUT2D eigenvalue weighted by atomic mass is 10.3. The van der Waals surface area contributed by atoms with Crippen molar-refractivity contribution in [1.29, 1.82) is 0 Å². The van der Waals surface area contributed by atoms with Gasteiger partial charge in [0.1, 0.15) is 0 Å². The second-order valence-electron chi connectivity index (χ2n) is 2.74. The molecule has 0 fully saturated rings. The molecule has 0 amide bonds. The van der Waals surface area contributed by atoms with E-state index in [2.05, 4.69) is 6.58 Å². The van der Waals surface area contributed by atoms with E-state index in [0.29, 0.717) is 19.8 Å². The van der Waals surface area contributed by atoms with Gasteiger partial charge in [0.05, 0.1) is 19.3 Å². The third kappa shape index (κ3) is 9.91. The van der Waals surface area contributed by atoms with E-state index in [1.54, 1.807) is 6.08 Å². The predicted molar refractivity (Wildman–Crippen MR) is 52.8 cm³/mol. The van der Waals surface area contributed by atoms with Crippen LogP contribution in [0.25, 0.3) is 0 Å². The first kappa shape index (κ1) is 14.4. The first-order valence-electron chi connectivity index (χ1n) is 3.68. The summed E-state index contributed by atoms with van der Waals surface area (Å²) < 4.78 is 5.05. The van der Waals surface area contributed by atoms with Crippen LogP contribution < -0.4 is 0 Å². The van der Waals surface area contributed by atoms with Crippen LogP contribution in [0.4, 0.5) is 0 Å². The summed E-state index contributed by atoms with van der Waals surface area (Å²) in [6.45, 7) is 5.02. The monoisotopic (exact) mass is 195 g/mol. The van der Waals surface area contributed by atoms with Crippen molar-refractivity contribution in [3.8, 4) is 0 Å². The fourth-order valence-corrected chi connectivity index (χ4v) is 0.762. The van der Waals surface area contributed by atoms with Gasteiger partial charge in [0, 0.05) is 6.54 Å². The van der Waals surface area contributed by atoms with Crippen molar-refractivity contribution < 1.29 is 9.84 Å². The van der Waals surface area contributed by atoms with E-state index in [9.17, 15) is 5.11 Å². The minimum atomic E-state index is -0.398. The van der Waals surface area contributed by atoms with Gasteiger partial charge >= 0.3 is 0 Å². The molecule has 74 valence electrons. The van der Waals surface area contributed by atoms with Crippen LogP contribution in [-0.2, 0) is 4.74 Å². The van der Waals surface area contributed by atoms with Crippen molar-refractivity contribution in [1.82, 2.24) is 4.90 Å². The van der Waals surface area contributed by atoms with Crippen LogP contribution in [0.2, 0.25) is 0 Å². The van der Waals surface area contributed by atoms with Crippen LogP contribution in [0.3, 0.4) is 0 Å². The molecule has 0 saturated heterocycles. The number of aliphatic hydroxyl groups is 1. The zero-order chi connectivity index (χ0) is 8.69. The summed E-state index contributed by atoms with van der Waals surface area (Å²) in [5.74, 6) is 0. The highest BCUT2D eigenvalue weighted by Gasteiger charge is 2.03. The molecule has 1 atom stereocenters. The molecule has 0 radical (unpaired) electrons. The molecular weight excluding hydrogens is 178 g/mol. The maximum atomic E-state index is 9.25. The lowest BCUT2D eigenvalue weighted by Crippen LogP contribution is -2.29. The molecule has 4 heteroatoms. The average molecular weight is 196 g/mol. The van der Waals surface area contributed by atoms with Crippen LogP contribution in [0.5, 0.6) is 0 Å². The number of rotatable bonds is 6. The molecule has 1 unspecified atom stereocenters. The van der Waals surface area contributed by atoms with E-state index in [-0.39, 0.29) is 12.4 Å². The second kappa shape index (κ2) is 9.00. The molecule has 0 aliphatic carbocycles. The van der Waals surface area contributed by atoms with Crippen molar-refractivity contribution >= 4 is 12.4 Å². The smallest absolute Gasteiger partial charge is 0.0900 e. The fraction of sp³-hybridized carbons (Fsp3) is 0.750. The number of hydrogen-bond donors (Lipinski definition) is 1. The van der Waals surface area contributed by atoms with Crippen LogP contribution in [-0.4, -0.2) is 50.0 Å². The first-order chi connectivity index (χ1) is 5.16. The highest BCUT2D eigenvalue weighted by atomic mass is 35.5. The van der Waals surface area contributed by atoms with Gasteiger partial charge in [-0.3, -0.25) is 0 Å².